The average Bonchev–Trinajstić information content (AvgIpc) is 3.23. The molecule has 0 aliphatic heterocycles. The molecule has 15 heteroatoms. The quantitative estimate of drug-likeness (QED) is 0.0220. The molecule has 3 rings (SSSR count). The number of nitrogens with zero attached hydrogens (tertiary/aromatic N) is 4. The zero-order chi connectivity index (χ0) is 44.4. The molecule has 0 radical (unpaired) electrons. The standard InChI is InChI=1S/C45H59N4O9S2/c1-9-33-16-19-47-36(27-33)37-28-34(17-20-48-37)30-58-39(51)15-18-43(2,32-46)31-44(3,41(52)57-26-25-55-24-23-54-8)38(50)29-45(4,42(53)56-22-21-49(5,6)7)60-40(59)35-13-11-10-12-14-35/h10-14,16-17,19-20,27-28H,9,15,18,21-26,29-31H2,1-8H3/q+1. The number of ketones is 1. The van der Waals surface area contributed by atoms with E-state index in [1.165, 1.54) is 14.0 Å². The molecule has 0 N–H and O–H groups in total. The van der Waals surface area contributed by atoms with Crippen molar-refractivity contribution in [3.8, 4) is 17.5 Å². The van der Waals surface area contributed by atoms with Crippen LogP contribution in [0.4, 0.5) is 0 Å². The molecule has 0 bridgehead atoms. The summed E-state index contributed by atoms with van der Waals surface area (Å²) in [5.41, 5.74) is 0.528. The number of hydrogen-bond donors (Lipinski definition) is 0. The Morgan fingerprint density at radius 1 is 0.833 bits per heavy atom. The van der Waals surface area contributed by atoms with E-state index in [9.17, 15) is 24.4 Å². The second kappa shape index (κ2) is 23.4. The first-order chi connectivity index (χ1) is 28.4. The molecule has 0 aliphatic carbocycles. The lowest BCUT2D eigenvalue weighted by molar-refractivity contribution is -0.870. The van der Waals surface area contributed by atoms with Gasteiger partial charge in [-0.25, -0.2) is 0 Å². The Morgan fingerprint density at radius 2 is 1.45 bits per heavy atom. The van der Waals surface area contributed by atoms with Crippen molar-refractivity contribution in [1.29, 1.82) is 5.26 Å². The number of hydrogen-bond acceptors (Lipinski definition) is 14. The summed E-state index contributed by atoms with van der Waals surface area (Å²) in [5.74, 6) is -2.79. The van der Waals surface area contributed by atoms with Gasteiger partial charge in [-0.2, -0.15) is 5.26 Å². The van der Waals surface area contributed by atoms with Crippen molar-refractivity contribution in [2.45, 2.75) is 71.2 Å². The van der Waals surface area contributed by atoms with Gasteiger partial charge in [0.2, 0.25) is 0 Å². The van der Waals surface area contributed by atoms with Crippen LogP contribution in [0.1, 0.15) is 70.1 Å². The Bertz CT molecular complexity index is 1970. The number of nitriles is 1. The van der Waals surface area contributed by atoms with Gasteiger partial charge in [0.25, 0.3) is 0 Å². The lowest BCUT2D eigenvalue weighted by Crippen LogP contribution is -2.47. The van der Waals surface area contributed by atoms with Gasteiger partial charge in [-0.3, -0.25) is 29.1 Å². The summed E-state index contributed by atoms with van der Waals surface area (Å²) in [6, 6.07) is 18.8. The van der Waals surface area contributed by atoms with Crippen LogP contribution in [-0.4, -0.2) is 115 Å². The lowest BCUT2D eigenvalue weighted by atomic mass is 9.68. The third kappa shape index (κ3) is 15.8. The second-order valence-corrected chi connectivity index (χ2v) is 18.5. The number of benzene rings is 1. The monoisotopic (exact) mass is 863 g/mol. The van der Waals surface area contributed by atoms with Crippen molar-refractivity contribution in [2.24, 2.45) is 10.8 Å². The molecule has 0 aliphatic rings. The Balaban J connectivity index is 1.84. The molecule has 0 spiro atoms. The van der Waals surface area contributed by atoms with E-state index in [0.717, 1.165) is 23.7 Å². The number of aromatic nitrogens is 2. The molecule has 324 valence electrons. The molecule has 0 fully saturated rings. The highest BCUT2D eigenvalue weighted by Crippen LogP contribution is 2.43. The minimum Gasteiger partial charge on any atom is -0.462 e. The summed E-state index contributed by atoms with van der Waals surface area (Å²) in [5, 5.41) is 10.5. The van der Waals surface area contributed by atoms with E-state index in [1.807, 2.05) is 51.5 Å². The molecule has 3 aromatic rings. The molecule has 0 saturated heterocycles. The number of aryl methyl sites for hydroxylation is 1. The molecule has 0 saturated carbocycles. The van der Waals surface area contributed by atoms with E-state index >= 15 is 0 Å². The summed E-state index contributed by atoms with van der Waals surface area (Å²) in [6.07, 6.45) is 3.20. The number of thioether (sulfide) groups is 1. The SMILES string of the molecule is CCc1ccnc(-c2cc(COC(=O)CCC(C)(C#N)CC(C)(C(=O)CC(C)(SC(=S)c3ccccc3)C(=O)OCC[N+](C)(C)C)C(=O)OCCOCCOC)ccn2)c1. The minimum absolute atomic E-state index is 0.0357. The van der Waals surface area contributed by atoms with Gasteiger partial charge in [-0.15, -0.1) is 0 Å². The summed E-state index contributed by atoms with van der Waals surface area (Å²) in [6.45, 7) is 7.65. The normalized spacial score (nSPS) is 14.4. The highest BCUT2D eigenvalue weighted by atomic mass is 32.2. The van der Waals surface area contributed by atoms with E-state index in [1.54, 1.807) is 50.5 Å². The van der Waals surface area contributed by atoms with Crippen molar-refractivity contribution in [3.63, 3.8) is 0 Å². The predicted octanol–water partition coefficient (Wildman–Crippen LogP) is 6.74. The maximum atomic E-state index is 14.7. The van der Waals surface area contributed by atoms with Crippen LogP contribution < -0.4 is 0 Å². The Labute approximate surface area is 364 Å². The van der Waals surface area contributed by atoms with Crippen LogP contribution in [-0.2, 0) is 55.9 Å². The zero-order valence-electron chi connectivity index (χ0n) is 36.1. The Morgan fingerprint density at radius 3 is 2.07 bits per heavy atom. The predicted molar refractivity (Wildman–Crippen MR) is 234 cm³/mol. The number of pyridine rings is 2. The molecule has 3 unspecified atom stereocenters. The number of esters is 3. The summed E-state index contributed by atoms with van der Waals surface area (Å²) in [4.78, 5) is 64.6. The van der Waals surface area contributed by atoms with E-state index in [4.69, 9.17) is 35.9 Å². The molecule has 2 aromatic heterocycles. The average molecular weight is 864 g/mol. The lowest BCUT2D eigenvalue weighted by Gasteiger charge is -2.35. The third-order valence-electron chi connectivity index (χ3n) is 9.82. The topological polar surface area (TPSA) is 164 Å². The molecule has 1 aromatic carbocycles. The number of Topliss-reactive ketones (excluding diaryl/α,β-unsaturated/α-hetero) is 1. The number of rotatable bonds is 25. The number of likely N-dealkylation sites (N-methyl/N-ethyl adjacent to an activating group) is 1. The van der Waals surface area contributed by atoms with Crippen molar-refractivity contribution in [3.05, 3.63) is 83.7 Å². The van der Waals surface area contributed by atoms with Gasteiger partial charge in [0.1, 0.15) is 36.5 Å². The highest BCUT2D eigenvalue weighted by molar-refractivity contribution is 8.25. The van der Waals surface area contributed by atoms with E-state index in [0.29, 0.717) is 44.3 Å². The van der Waals surface area contributed by atoms with Gasteiger partial charge in [0.15, 0.2) is 5.78 Å². The first-order valence-electron chi connectivity index (χ1n) is 19.9. The fraction of sp³-hybridized carbons (Fsp3) is 0.511. The van der Waals surface area contributed by atoms with E-state index < -0.39 is 45.7 Å². The first kappa shape index (κ1) is 49.8. The molecule has 13 nitrogen and oxygen atoms in total. The first-order valence-corrected chi connectivity index (χ1v) is 21.1. The van der Waals surface area contributed by atoms with Crippen LogP contribution in [0.2, 0.25) is 0 Å². The largest absolute Gasteiger partial charge is 0.462 e. The van der Waals surface area contributed by atoms with Gasteiger partial charge >= 0.3 is 17.9 Å². The Kier molecular flexibility index (Phi) is 19.4. The van der Waals surface area contributed by atoms with Gasteiger partial charge in [-0.1, -0.05) is 61.2 Å². The number of carbonyl (C=O) groups is 4. The number of methoxy groups -OCH3 is 1. The highest BCUT2D eigenvalue weighted by Gasteiger charge is 2.51. The summed E-state index contributed by atoms with van der Waals surface area (Å²) < 4.78 is 26.7. The number of quaternary nitrogens is 1. The van der Waals surface area contributed by atoms with E-state index in [2.05, 4.69) is 23.0 Å². The van der Waals surface area contributed by atoms with Gasteiger partial charge in [-0.05, 0) is 81.0 Å². The zero-order valence-corrected chi connectivity index (χ0v) is 37.7. The van der Waals surface area contributed by atoms with Crippen LogP contribution >= 0.6 is 24.0 Å². The number of carbonyl (C=O) groups excluding carboxylic acids is 4. The maximum absolute atomic E-state index is 14.7. The second-order valence-electron chi connectivity index (χ2n) is 16.3. The minimum atomic E-state index is -1.93. The molecule has 60 heavy (non-hydrogen) atoms. The van der Waals surface area contributed by atoms with Crippen LogP contribution in [0.25, 0.3) is 11.4 Å². The van der Waals surface area contributed by atoms with Crippen molar-refractivity contribution < 1.29 is 47.3 Å². The summed E-state index contributed by atoms with van der Waals surface area (Å²) in [7, 11) is 7.42. The van der Waals surface area contributed by atoms with E-state index in [-0.39, 0.29) is 52.3 Å². The smallest absolute Gasteiger partial charge is 0.322 e. The molecule has 3 atom stereocenters. The van der Waals surface area contributed by atoms with Gasteiger partial charge < -0.3 is 28.2 Å². The molecule has 0 amide bonds. The number of ether oxygens (including phenoxy) is 5. The van der Waals surface area contributed by atoms with Crippen molar-refractivity contribution in [1.82, 2.24) is 9.97 Å². The molecule has 2 heterocycles. The van der Waals surface area contributed by atoms with Crippen molar-refractivity contribution in [2.75, 3.05) is 67.8 Å². The van der Waals surface area contributed by atoms with Gasteiger partial charge in [0.05, 0.1) is 68.0 Å². The van der Waals surface area contributed by atoms with Crippen LogP contribution in [0.5, 0.6) is 0 Å². The third-order valence-corrected chi connectivity index (χ3v) is 11.5. The van der Waals surface area contributed by atoms with Crippen LogP contribution in [0, 0.1) is 22.2 Å². The van der Waals surface area contributed by atoms with Crippen LogP contribution in [0.3, 0.4) is 0 Å². The van der Waals surface area contributed by atoms with Crippen LogP contribution in [0.15, 0.2) is 67.0 Å². The Hall–Kier alpha value is -4.59. The fourth-order valence-electron chi connectivity index (χ4n) is 6.05. The number of thiocarbonyl (C=S) groups is 1. The fourth-order valence-corrected chi connectivity index (χ4v) is 7.75. The van der Waals surface area contributed by atoms with Gasteiger partial charge in [0, 0.05) is 32.3 Å². The molecular weight excluding hydrogens is 805 g/mol. The molecular formula is C45H59N4O9S2+. The van der Waals surface area contributed by atoms with Crippen molar-refractivity contribution >= 4 is 51.9 Å². The maximum Gasteiger partial charge on any atom is 0.322 e. The summed E-state index contributed by atoms with van der Waals surface area (Å²) >= 11 is 6.76.